The molecule has 6 heteroatoms. The maximum Gasteiger partial charge on any atom is 0.327 e. The Labute approximate surface area is 111 Å². The Balaban J connectivity index is 2.55. The van der Waals surface area contributed by atoms with E-state index in [9.17, 15) is 9.59 Å². The summed E-state index contributed by atoms with van der Waals surface area (Å²) in [6, 6.07) is 3.31. The van der Waals surface area contributed by atoms with Gasteiger partial charge in [0.05, 0.1) is 11.7 Å². The van der Waals surface area contributed by atoms with Gasteiger partial charge < -0.3 is 15.7 Å². The molecule has 0 aromatic carbocycles. The molecule has 3 N–H and O–H groups in total. The Bertz CT molecular complexity index is 482. The van der Waals surface area contributed by atoms with E-state index in [1.54, 1.807) is 31.3 Å². The van der Waals surface area contributed by atoms with E-state index < -0.39 is 18.0 Å². The van der Waals surface area contributed by atoms with Crippen molar-refractivity contribution in [1.82, 2.24) is 15.6 Å². The molecule has 1 aromatic rings. The average Bonchev–Trinajstić information content (AvgIpc) is 2.39. The third kappa shape index (κ3) is 4.68. The smallest absolute Gasteiger partial charge is 0.327 e. The predicted octanol–water partition coefficient (Wildman–Crippen LogP) is 0.918. The highest BCUT2D eigenvalue weighted by Crippen LogP contribution is 2.07. The number of aliphatic carboxylic acids is 1. The van der Waals surface area contributed by atoms with Crippen LogP contribution in [0.4, 0.5) is 4.79 Å². The predicted molar refractivity (Wildman–Crippen MR) is 69.2 cm³/mol. The van der Waals surface area contributed by atoms with Gasteiger partial charge in [0.25, 0.3) is 0 Å². The standard InChI is InChI=1S/C13H15N3O3/c1-3-6-11(12(17)18)16-13(19)15-9(2)10-7-4-5-8-14-10/h1,4-5,7-9,11H,6H2,2H3,(H,17,18)(H2,15,16,19). The van der Waals surface area contributed by atoms with Gasteiger partial charge in [-0.3, -0.25) is 4.98 Å². The molecule has 0 aliphatic heterocycles. The molecule has 100 valence electrons. The van der Waals surface area contributed by atoms with Gasteiger partial charge in [0, 0.05) is 12.6 Å². The first-order valence-corrected chi connectivity index (χ1v) is 5.68. The normalized spacial score (nSPS) is 12.8. The lowest BCUT2D eigenvalue weighted by Crippen LogP contribution is -2.46. The number of carbonyl (C=O) groups is 2. The van der Waals surface area contributed by atoms with Crippen LogP contribution in [0.25, 0.3) is 0 Å². The molecule has 1 rings (SSSR count). The molecule has 0 bridgehead atoms. The zero-order valence-corrected chi connectivity index (χ0v) is 10.5. The topological polar surface area (TPSA) is 91.3 Å². The van der Waals surface area contributed by atoms with Crippen LogP contribution in [0.3, 0.4) is 0 Å². The number of nitrogens with one attached hydrogen (secondary N) is 2. The van der Waals surface area contributed by atoms with Crippen molar-refractivity contribution in [2.24, 2.45) is 0 Å². The van der Waals surface area contributed by atoms with Gasteiger partial charge in [-0.2, -0.15) is 0 Å². The first-order valence-electron chi connectivity index (χ1n) is 5.68. The maximum absolute atomic E-state index is 11.6. The quantitative estimate of drug-likeness (QED) is 0.687. The molecule has 1 heterocycles. The fourth-order valence-corrected chi connectivity index (χ4v) is 1.42. The van der Waals surface area contributed by atoms with Crippen LogP contribution in [0.5, 0.6) is 0 Å². The number of carboxylic acids is 1. The maximum atomic E-state index is 11.6. The summed E-state index contributed by atoms with van der Waals surface area (Å²) in [6.45, 7) is 1.75. The highest BCUT2D eigenvalue weighted by atomic mass is 16.4. The molecule has 0 radical (unpaired) electrons. The molecule has 0 saturated carbocycles. The Morgan fingerprint density at radius 3 is 2.74 bits per heavy atom. The number of rotatable bonds is 5. The van der Waals surface area contributed by atoms with Gasteiger partial charge in [0.15, 0.2) is 0 Å². The lowest BCUT2D eigenvalue weighted by Gasteiger charge is -2.16. The van der Waals surface area contributed by atoms with E-state index in [2.05, 4.69) is 21.5 Å². The van der Waals surface area contributed by atoms with Crippen LogP contribution in [-0.4, -0.2) is 28.1 Å². The largest absolute Gasteiger partial charge is 0.480 e. The average molecular weight is 261 g/mol. The highest BCUT2D eigenvalue weighted by molar-refractivity contribution is 5.82. The summed E-state index contributed by atoms with van der Waals surface area (Å²) < 4.78 is 0. The van der Waals surface area contributed by atoms with Crippen molar-refractivity contribution < 1.29 is 14.7 Å². The lowest BCUT2D eigenvalue weighted by molar-refractivity contribution is -0.139. The lowest BCUT2D eigenvalue weighted by atomic mass is 10.2. The Kier molecular flexibility index (Phi) is 5.35. The molecule has 2 amide bonds. The number of pyridine rings is 1. The van der Waals surface area contributed by atoms with Crippen LogP contribution in [0.2, 0.25) is 0 Å². The van der Waals surface area contributed by atoms with Crippen molar-refractivity contribution in [2.75, 3.05) is 0 Å². The molecule has 6 nitrogen and oxygen atoms in total. The number of aromatic nitrogens is 1. The Morgan fingerprint density at radius 2 is 2.21 bits per heavy atom. The number of nitrogens with zero attached hydrogens (tertiary/aromatic N) is 1. The van der Waals surface area contributed by atoms with E-state index in [-0.39, 0.29) is 12.5 Å². The van der Waals surface area contributed by atoms with Gasteiger partial charge in [-0.15, -0.1) is 12.3 Å². The molecule has 0 aliphatic carbocycles. The molecule has 0 fully saturated rings. The number of carbonyl (C=O) groups excluding carboxylic acids is 1. The van der Waals surface area contributed by atoms with Gasteiger partial charge in [0.1, 0.15) is 6.04 Å². The van der Waals surface area contributed by atoms with Crippen LogP contribution >= 0.6 is 0 Å². The second kappa shape index (κ2) is 7.01. The summed E-state index contributed by atoms with van der Waals surface area (Å²) >= 11 is 0. The highest BCUT2D eigenvalue weighted by Gasteiger charge is 2.19. The van der Waals surface area contributed by atoms with Gasteiger partial charge in [0.2, 0.25) is 0 Å². The van der Waals surface area contributed by atoms with E-state index in [0.717, 1.165) is 0 Å². The van der Waals surface area contributed by atoms with Gasteiger partial charge >= 0.3 is 12.0 Å². The molecule has 0 spiro atoms. The van der Waals surface area contributed by atoms with Crippen LogP contribution in [0.1, 0.15) is 25.1 Å². The number of terminal acetylenes is 1. The number of urea groups is 1. The van der Waals surface area contributed by atoms with Crippen molar-refractivity contribution in [3.8, 4) is 12.3 Å². The zero-order valence-electron chi connectivity index (χ0n) is 10.5. The van der Waals surface area contributed by atoms with E-state index >= 15 is 0 Å². The summed E-state index contributed by atoms with van der Waals surface area (Å²) in [6.07, 6.45) is 6.59. The van der Waals surface area contributed by atoms with Crippen molar-refractivity contribution in [2.45, 2.75) is 25.4 Å². The van der Waals surface area contributed by atoms with E-state index in [1.807, 2.05) is 0 Å². The van der Waals surface area contributed by atoms with Crippen LogP contribution in [0.15, 0.2) is 24.4 Å². The fourth-order valence-electron chi connectivity index (χ4n) is 1.42. The minimum absolute atomic E-state index is 0.0687. The number of carboxylic acid groups (broad SMARTS) is 1. The minimum Gasteiger partial charge on any atom is -0.480 e. The van der Waals surface area contributed by atoms with Crippen molar-refractivity contribution in [3.05, 3.63) is 30.1 Å². The molecule has 0 saturated heterocycles. The SMILES string of the molecule is C#CCC(NC(=O)NC(C)c1ccccn1)C(=O)O. The molecule has 2 unspecified atom stereocenters. The molecular formula is C13H15N3O3. The minimum atomic E-state index is -1.17. The second-order valence-corrected chi connectivity index (χ2v) is 3.89. The third-order valence-electron chi connectivity index (χ3n) is 2.40. The summed E-state index contributed by atoms with van der Waals surface area (Å²) in [4.78, 5) is 26.6. The monoisotopic (exact) mass is 261 g/mol. The number of hydrogen-bond acceptors (Lipinski definition) is 3. The van der Waals surface area contributed by atoms with Crippen molar-refractivity contribution in [1.29, 1.82) is 0 Å². The van der Waals surface area contributed by atoms with Gasteiger partial charge in [-0.25, -0.2) is 9.59 Å². The van der Waals surface area contributed by atoms with Crippen molar-refractivity contribution in [3.63, 3.8) is 0 Å². The summed E-state index contributed by atoms with van der Waals surface area (Å²) in [5.41, 5.74) is 0.682. The molecule has 0 aliphatic rings. The summed E-state index contributed by atoms with van der Waals surface area (Å²) in [5.74, 6) is 1.04. The van der Waals surface area contributed by atoms with Gasteiger partial charge in [-0.05, 0) is 19.1 Å². The van der Waals surface area contributed by atoms with Gasteiger partial charge in [-0.1, -0.05) is 6.07 Å². The molecule has 2 atom stereocenters. The number of hydrogen-bond donors (Lipinski definition) is 3. The summed E-state index contributed by atoms with van der Waals surface area (Å²) in [5, 5.41) is 13.7. The first-order chi connectivity index (χ1) is 9.04. The van der Waals surface area contributed by atoms with E-state index in [4.69, 9.17) is 11.5 Å². The second-order valence-electron chi connectivity index (χ2n) is 3.89. The van der Waals surface area contributed by atoms with Crippen LogP contribution in [-0.2, 0) is 4.79 Å². The zero-order chi connectivity index (χ0) is 14.3. The Hall–Kier alpha value is -2.55. The van der Waals surface area contributed by atoms with E-state index in [1.165, 1.54) is 0 Å². The molecule has 19 heavy (non-hydrogen) atoms. The summed E-state index contributed by atoms with van der Waals surface area (Å²) in [7, 11) is 0. The van der Waals surface area contributed by atoms with E-state index in [0.29, 0.717) is 5.69 Å². The molecular weight excluding hydrogens is 246 g/mol. The van der Waals surface area contributed by atoms with Crippen molar-refractivity contribution >= 4 is 12.0 Å². The third-order valence-corrected chi connectivity index (χ3v) is 2.40. The first kappa shape index (κ1) is 14.5. The number of amides is 2. The molecule has 1 aromatic heterocycles. The Morgan fingerprint density at radius 1 is 1.47 bits per heavy atom. The van der Waals surface area contributed by atoms with Crippen LogP contribution in [0, 0.1) is 12.3 Å². The van der Waals surface area contributed by atoms with Crippen LogP contribution < -0.4 is 10.6 Å². The fraction of sp³-hybridized carbons (Fsp3) is 0.308.